The van der Waals surface area contributed by atoms with Crippen LogP contribution in [0.3, 0.4) is 0 Å². The summed E-state index contributed by atoms with van der Waals surface area (Å²) in [4.78, 5) is 7.64. The van der Waals surface area contributed by atoms with E-state index in [1.807, 2.05) is 0 Å². The highest BCUT2D eigenvalue weighted by atomic mass is 15.2. The SMILES string of the molecule is CC(C)Cc1cn(CCN2CCCC2)c(C2CCNCC2)n1. The van der Waals surface area contributed by atoms with Gasteiger partial charge in [-0.05, 0) is 64.2 Å². The molecule has 0 aromatic carbocycles. The van der Waals surface area contributed by atoms with Crippen LogP contribution in [0.1, 0.15) is 57.0 Å². The molecule has 0 unspecified atom stereocenters. The number of nitrogens with one attached hydrogen (secondary N) is 1. The molecule has 0 atom stereocenters. The lowest BCUT2D eigenvalue weighted by Crippen LogP contribution is -2.29. The summed E-state index contributed by atoms with van der Waals surface area (Å²) in [6.07, 6.45) is 8.68. The van der Waals surface area contributed by atoms with Gasteiger partial charge in [0.05, 0.1) is 5.69 Å². The van der Waals surface area contributed by atoms with Crippen molar-refractivity contribution in [3.63, 3.8) is 0 Å². The molecule has 1 N–H and O–H groups in total. The van der Waals surface area contributed by atoms with Crippen LogP contribution in [0.25, 0.3) is 0 Å². The highest BCUT2D eigenvalue weighted by molar-refractivity contribution is 5.10. The Kier molecular flexibility index (Phi) is 5.53. The summed E-state index contributed by atoms with van der Waals surface area (Å²) in [5, 5.41) is 3.47. The minimum Gasteiger partial charge on any atom is -0.333 e. The number of hydrogen-bond acceptors (Lipinski definition) is 3. The van der Waals surface area contributed by atoms with Gasteiger partial charge in [0.15, 0.2) is 0 Å². The first-order chi connectivity index (χ1) is 10.7. The van der Waals surface area contributed by atoms with E-state index in [-0.39, 0.29) is 0 Å². The van der Waals surface area contributed by atoms with Gasteiger partial charge in [0.2, 0.25) is 0 Å². The average Bonchev–Trinajstić information content (AvgIpc) is 3.15. The summed E-state index contributed by atoms with van der Waals surface area (Å²) in [5.41, 5.74) is 1.30. The van der Waals surface area contributed by atoms with Gasteiger partial charge in [0, 0.05) is 25.2 Å². The van der Waals surface area contributed by atoms with E-state index in [4.69, 9.17) is 4.98 Å². The monoisotopic (exact) mass is 304 g/mol. The highest BCUT2D eigenvalue weighted by Gasteiger charge is 2.22. The topological polar surface area (TPSA) is 33.1 Å². The normalized spacial score (nSPS) is 21.0. The number of aromatic nitrogens is 2. The lowest BCUT2D eigenvalue weighted by atomic mass is 9.97. The van der Waals surface area contributed by atoms with Crippen molar-refractivity contribution in [2.45, 2.75) is 58.4 Å². The Hall–Kier alpha value is -0.870. The van der Waals surface area contributed by atoms with Gasteiger partial charge in [-0.1, -0.05) is 13.8 Å². The summed E-state index contributed by atoms with van der Waals surface area (Å²) in [5.74, 6) is 2.69. The zero-order chi connectivity index (χ0) is 15.4. The fourth-order valence-electron chi connectivity index (χ4n) is 3.84. The predicted octanol–water partition coefficient (Wildman–Crippen LogP) is 2.64. The van der Waals surface area contributed by atoms with Crippen molar-refractivity contribution in [3.8, 4) is 0 Å². The lowest BCUT2D eigenvalue weighted by Gasteiger charge is -2.24. The van der Waals surface area contributed by atoms with Crippen molar-refractivity contribution in [2.75, 3.05) is 32.7 Å². The van der Waals surface area contributed by atoms with Crippen LogP contribution < -0.4 is 5.32 Å². The number of nitrogens with zero attached hydrogens (tertiary/aromatic N) is 3. The fourth-order valence-corrected chi connectivity index (χ4v) is 3.84. The molecule has 0 aliphatic carbocycles. The first-order valence-electron chi connectivity index (χ1n) is 9.21. The van der Waals surface area contributed by atoms with Crippen molar-refractivity contribution < 1.29 is 0 Å². The van der Waals surface area contributed by atoms with Gasteiger partial charge in [-0.3, -0.25) is 0 Å². The van der Waals surface area contributed by atoms with Crippen LogP contribution in [0.15, 0.2) is 6.20 Å². The summed E-state index contributed by atoms with van der Waals surface area (Å²) in [6, 6.07) is 0. The summed E-state index contributed by atoms with van der Waals surface area (Å²) in [7, 11) is 0. The molecule has 4 heteroatoms. The lowest BCUT2D eigenvalue weighted by molar-refractivity contribution is 0.316. The second-order valence-electron chi connectivity index (χ2n) is 7.45. The van der Waals surface area contributed by atoms with Gasteiger partial charge in [-0.25, -0.2) is 4.98 Å². The second-order valence-corrected chi connectivity index (χ2v) is 7.45. The van der Waals surface area contributed by atoms with E-state index in [1.165, 1.54) is 56.8 Å². The minimum atomic E-state index is 0.653. The smallest absolute Gasteiger partial charge is 0.112 e. The third-order valence-corrected chi connectivity index (χ3v) is 5.03. The fraction of sp³-hybridized carbons (Fsp3) is 0.833. The number of hydrogen-bond donors (Lipinski definition) is 1. The number of imidazole rings is 1. The van der Waals surface area contributed by atoms with Crippen molar-refractivity contribution in [3.05, 3.63) is 17.7 Å². The number of piperidine rings is 1. The molecule has 1 aromatic heterocycles. The van der Waals surface area contributed by atoms with Crippen LogP contribution in [-0.4, -0.2) is 47.2 Å². The Morgan fingerprint density at radius 2 is 1.91 bits per heavy atom. The number of likely N-dealkylation sites (tertiary alicyclic amines) is 1. The Morgan fingerprint density at radius 1 is 1.18 bits per heavy atom. The maximum absolute atomic E-state index is 5.04. The van der Waals surface area contributed by atoms with E-state index in [9.17, 15) is 0 Å². The van der Waals surface area contributed by atoms with Gasteiger partial charge in [-0.15, -0.1) is 0 Å². The maximum Gasteiger partial charge on any atom is 0.112 e. The van der Waals surface area contributed by atoms with Crippen molar-refractivity contribution in [1.29, 1.82) is 0 Å². The van der Waals surface area contributed by atoms with Crippen molar-refractivity contribution >= 4 is 0 Å². The van der Waals surface area contributed by atoms with E-state index < -0.39 is 0 Å². The molecule has 3 rings (SSSR count). The van der Waals surface area contributed by atoms with E-state index in [1.54, 1.807) is 0 Å². The molecule has 124 valence electrons. The maximum atomic E-state index is 5.04. The predicted molar refractivity (Wildman–Crippen MR) is 91.3 cm³/mol. The molecule has 2 fully saturated rings. The quantitative estimate of drug-likeness (QED) is 0.877. The zero-order valence-electron chi connectivity index (χ0n) is 14.4. The molecule has 1 aromatic rings. The van der Waals surface area contributed by atoms with Gasteiger partial charge >= 0.3 is 0 Å². The molecule has 2 saturated heterocycles. The summed E-state index contributed by atoms with van der Waals surface area (Å²) in [6.45, 7) is 11.7. The molecule has 4 nitrogen and oxygen atoms in total. The van der Waals surface area contributed by atoms with Gasteiger partial charge in [-0.2, -0.15) is 0 Å². The molecule has 0 amide bonds. The molecule has 2 aliphatic heterocycles. The molecule has 22 heavy (non-hydrogen) atoms. The molecule has 0 radical (unpaired) electrons. The Balaban J connectivity index is 1.70. The van der Waals surface area contributed by atoms with Gasteiger partial charge < -0.3 is 14.8 Å². The first-order valence-corrected chi connectivity index (χ1v) is 9.21. The molecule has 2 aliphatic rings. The molecular weight excluding hydrogens is 272 g/mol. The summed E-state index contributed by atoms with van der Waals surface area (Å²) >= 11 is 0. The number of rotatable bonds is 6. The average molecular weight is 304 g/mol. The standard InChI is InChI=1S/C18H32N4/c1-15(2)13-17-14-22(12-11-21-9-3-4-10-21)18(20-17)16-5-7-19-8-6-16/h14-16,19H,3-13H2,1-2H3. The molecule has 0 saturated carbocycles. The van der Waals surface area contributed by atoms with Crippen LogP contribution in [0, 0.1) is 5.92 Å². The molecule has 0 spiro atoms. The van der Waals surface area contributed by atoms with Crippen LogP contribution in [-0.2, 0) is 13.0 Å². The first kappa shape index (κ1) is 16.0. The summed E-state index contributed by atoms with van der Waals surface area (Å²) < 4.78 is 2.48. The van der Waals surface area contributed by atoms with Crippen LogP contribution in [0.2, 0.25) is 0 Å². The minimum absolute atomic E-state index is 0.653. The molecule has 0 bridgehead atoms. The highest BCUT2D eigenvalue weighted by Crippen LogP contribution is 2.25. The van der Waals surface area contributed by atoms with E-state index in [0.29, 0.717) is 11.8 Å². The van der Waals surface area contributed by atoms with Crippen molar-refractivity contribution in [1.82, 2.24) is 19.8 Å². The van der Waals surface area contributed by atoms with Gasteiger partial charge in [0.25, 0.3) is 0 Å². The Labute approximate surface area is 135 Å². The van der Waals surface area contributed by atoms with E-state index in [0.717, 1.165) is 26.1 Å². The largest absolute Gasteiger partial charge is 0.333 e. The Morgan fingerprint density at radius 3 is 2.59 bits per heavy atom. The van der Waals surface area contributed by atoms with E-state index >= 15 is 0 Å². The Bertz CT molecular complexity index is 454. The van der Waals surface area contributed by atoms with Crippen molar-refractivity contribution in [2.24, 2.45) is 5.92 Å². The second kappa shape index (κ2) is 7.60. The zero-order valence-corrected chi connectivity index (χ0v) is 14.4. The van der Waals surface area contributed by atoms with Crippen LogP contribution >= 0.6 is 0 Å². The third kappa shape index (κ3) is 4.11. The van der Waals surface area contributed by atoms with Gasteiger partial charge in [0.1, 0.15) is 5.82 Å². The third-order valence-electron chi connectivity index (χ3n) is 5.03. The van der Waals surface area contributed by atoms with Crippen LogP contribution in [0.5, 0.6) is 0 Å². The molecule has 3 heterocycles. The molecular formula is C18H32N4. The van der Waals surface area contributed by atoms with Crippen LogP contribution in [0.4, 0.5) is 0 Å². The van der Waals surface area contributed by atoms with E-state index in [2.05, 4.69) is 34.8 Å².